The van der Waals surface area contributed by atoms with Crippen molar-refractivity contribution in [1.29, 1.82) is 0 Å². The summed E-state index contributed by atoms with van der Waals surface area (Å²) in [6.45, 7) is 6.04. The largest absolute Gasteiger partial charge is 0.494 e. The molecule has 0 aliphatic rings. The molecule has 1 unspecified atom stereocenters. The highest BCUT2D eigenvalue weighted by molar-refractivity contribution is 7.09. The van der Waals surface area contributed by atoms with Crippen molar-refractivity contribution in [3.8, 4) is 5.75 Å². The highest BCUT2D eigenvalue weighted by Gasteiger charge is 2.08. The van der Waals surface area contributed by atoms with Crippen LogP contribution in [-0.2, 0) is 6.42 Å². The minimum absolute atomic E-state index is 0.530. The first kappa shape index (κ1) is 16.1. The molecule has 0 amide bonds. The maximum Gasteiger partial charge on any atom is 0.119 e. The Morgan fingerprint density at radius 2 is 2.10 bits per heavy atom. The van der Waals surface area contributed by atoms with Gasteiger partial charge in [0, 0.05) is 10.9 Å². The highest BCUT2D eigenvalue weighted by Crippen LogP contribution is 2.15. The van der Waals surface area contributed by atoms with Gasteiger partial charge < -0.3 is 10.1 Å². The Balaban J connectivity index is 1.74. The fourth-order valence-electron chi connectivity index (χ4n) is 2.43. The van der Waals surface area contributed by atoms with Crippen LogP contribution in [0.3, 0.4) is 0 Å². The second-order valence-electron chi connectivity index (χ2n) is 5.33. The van der Waals surface area contributed by atoms with Gasteiger partial charge in [-0.15, -0.1) is 11.3 Å². The third-order valence-corrected chi connectivity index (χ3v) is 4.47. The Labute approximate surface area is 132 Å². The second-order valence-corrected chi connectivity index (χ2v) is 6.36. The molecule has 2 aromatic rings. The van der Waals surface area contributed by atoms with E-state index in [4.69, 9.17) is 4.74 Å². The van der Waals surface area contributed by atoms with Gasteiger partial charge in [0.05, 0.1) is 6.61 Å². The van der Waals surface area contributed by atoms with Crippen molar-refractivity contribution < 1.29 is 4.74 Å². The van der Waals surface area contributed by atoms with Crippen LogP contribution in [0, 0.1) is 6.92 Å². The Bertz CT molecular complexity index is 510. The van der Waals surface area contributed by atoms with E-state index in [0.717, 1.165) is 31.7 Å². The molecule has 1 N–H and O–H groups in total. The monoisotopic (exact) mass is 303 g/mol. The van der Waals surface area contributed by atoms with Crippen LogP contribution in [-0.4, -0.2) is 19.2 Å². The SMILES string of the molecule is CCNC(CCOc1cccc(C)c1)CCc1cccs1. The van der Waals surface area contributed by atoms with Crippen molar-refractivity contribution >= 4 is 11.3 Å². The van der Waals surface area contributed by atoms with Gasteiger partial charge in [-0.3, -0.25) is 0 Å². The number of thiophene rings is 1. The van der Waals surface area contributed by atoms with Crippen LogP contribution in [0.5, 0.6) is 5.75 Å². The fourth-order valence-corrected chi connectivity index (χ4v) is 3.16. The average Bonchev–Trinajstić information content (AvgIpc) is 2.98. The van der Waals surface area contributed by atoms with Gasteiger partial charge in [0.25, 0.3) is 0 Å². The lowest BCUT2D eigenvalue weighted by molar-refractivity contribution is 0.282. The van der Waals surface area contributed by atoms with Crippen molar-refractivity contribution in [3.63, 3.8) is 0 Å². The predicted octanol–water partition coefficient (Wildman–Crippen LogP) is 4.44. The second kappa shape index (κ2) is 8.85. The molecule has 0 saturated heterocycles. The summed E-state index contributed by atoms with van der Waals surface area (Å²) in [5.41, 5.74) is 1.24. The fraction of sp³-hybridized carbons (Fsp3) is 0.444. The zero-order chi connectivity index (χ0) is 14.9. The van der Waals surface area contributed by atoms with E-state index in [1.807, 2.05) is 23.5 Å². The van der Waals surface area contributed by atoms with Crippen molar-refractivity contribution in [2.24, 2.45) is 0 Å². The number of hydrogen-bond acceptors (Lipinski definition) is 3. The number of hydrogen-bond donors (Lipinski definition) is 1. The first-order chi connectivity index (χ1) is 10.3. The molecule has 3 heteroatoms. The standard InChI is InChI=1S/C18H25NOS/c1-3-19-16(9-10-18-8-5-13-21-18)11-12-20-17-7-4-6-15(2)14-17/h4-8,13-14,16,19H,3,9-12H2,1-2H3. The zero-order valence-corrected chi connectivity index (χ0v) is 13.8. The van der Waals surface area contributed by atoms with Gasteiger partial charge in [0.15, 0.2) is 0 Å². The first-order valence-electron chi connectivity index (χ1n) is 7.73. The molecule has 21 heavy (non-hydrogen) atoms. The summed E-state index contributed by atoms with van der Waals surface area (Å²) in [5, 5.41) is 5.72. The van der Waals surface area contributed by atoms with Crippen LogP contribution in [0.1, 0.15) is 30.2 Å². The molecule has 1 atom stereocenters. The molecule has 1 heterocycles. The van der Waals surface area contributed by atoms with Crippen molar-refractivity contribution in [2.75, 3.05) is 13.2 Å². The quantitative estimate of drug-likeness (QED) is 0.739. The topological polar surface area (TPSA) is 21.3 Å². The molecular weight excluding hydrogens is 278 g/mol. The predicted molar refractivity (Wildman–Crippen MR) is 91.4 cm³/mol. The van der Waals surface area contributed by atoms with Crippen molar-refractivity contribution in [1.82, 2.24) is 5.32 Å². The minimum atomic E-state index is 0.530. The van der Waals surface area contributed by atoms with Gasteiger partial charge in [-0.05, 0) is 61.9 Å². The van der Waals surface area contributed by atoms with Crippen molar-refractivity contribution in [3.05, 3.63) is 52.2 Å². The summed E-state index contributed by atoms with van der Waals surface area (Å²) >= 11 is 1.85. The van der Waals surface area contributed by atoms with E-state index in [2.05, 4.69) is 48.8 Å². The molecule has 1 aromatic carbocycles. The molecule has 0 spiro atoms. The summed E-state index contributed by atoms with van der Waals surface area (Å²) in [6, 6.07) is 13.1. The summed E-state index contributed by atoms with van der Waals surface area (Å²) < 4.78 is 5.86. The third kappa shape index (κ3) is 5.90. The maximum absolute atomic E-state index is 5.86. The van der Waals surface area contributed by atoms with Crippen LogP contribution in [0.15, 0.2) is 41.8 Å². The number of benzene rings is 1. The Morgan fingerprint density at radius 1 is 1.19 bits per heavy atom. The van der Waals surface area contributed by atoms with E-state index >= 15 is 0 Å². The molecule has 0 fully saturated rings. The van der Waals surface area contributed by atoms with Gasteiger partial charge in [-0.2, -0.15) is 0 Å². The highest BCUT2D eigenvalue weighted by atomic mass is 32.1. The van der Waals surface area contributed by atoms with E-state index in [9.17, 15) is 0 Å². The molecular formula is C18H25NOS. The van der Waals surface area contributed by atoms with Gasteiger partial charge >= 0.3 is 0 Å². The van der Waals surface area contributed by atoms with Crippen molar-refractivity contribution in [2.45, 2.75) is 39.2 Å². The lowest BCUT2D eigenvalue weighted by atomic mass is 10.1. The number of aryl methyl sites for hydroxylation is 2. The van der Waals surface area contributed by atoms with Crippen LogP contribution >= 0.6 is 11.3 Å². The molecule has 0 aliphatic carbocycles. The molecule has 0 saturated carbocycles. The first-order valence-corrected chi connectivity index (χ1v) is 8.61. The van der Waals surface area contributed by atoms with Gasteiger partial charge in [-0.25, -0.2) is 0 Å². The maximum atomic E-state index is 5.86. The number of nitrogens with one attached hydrogen (secondary N) is 1. The summed E-state index contributed by atoms with van der Waals surface area (Å²) in [5.74, 6) is 0.975. The van der Waals surface area contributed by atoms with Gasteiger partial charge in [-0.1, -0.05) is 25.1 Å². The smallest absolute Gasteiger partial charge is 0.119 e. The van der Waals surface area contributed by atoms with Crippen LogP contribution in [0.25, 0.3) is 0 Å². The molecule has 0 radical (unpaired) electrons. The average molecular weight is 303 g/mol. The van der Waals surface area contributed by atoms with Crippen LogP contribution in [0.2, 0.25) is 0 Å². The molecule has 2 nitrogen and oxygen atoms in total. The zero-order valence-electron chi connectivity index (χ0n) is 13.0. The van der Waals surface area contributed by atoms with E-state index < -0.39 is 0 Å². The Kier molecular flexibility index (Phi) is 6.77. The molecule has 2 rings (SSSR count). The van der Waals surface area contributed by atoms with E-state index in [0.29, 0.717) is 6.04 Å². The Morgan fingerprint density at radius 3 is 2.81 bits per heavy atom. The number of ether oxygens (including phenoxy) is 1. The summed E-state index contributed by atoms with van der Waals surface area (Å²) in [4.78, 5) is 1.47. The van der Waals surface area contributed by atoms with Crippen LogP contribution in [0.4, 0.5) is 0 Å². The molecule has 114 valence electrons. The normalized spacial score (nSPS) is 12.3. The minimum Gasteiger partial charge on any atom is -0.494 e. The lowest BCUT2D eigenvalue weighted by Gasteiger charge is -2.18. The lowest BCUT2D eigenvalue weighted by Crippen LogP contribution is -2.31. The van der Waals surface area contributed by atoms with Gasteiger partial charge in [0.2, 0.25) is 0 Å². The van der Waals surface area contributed by atoms with Crippen LogP contribution < -0.4 is 10.1 Å². The molecule has 0 aliphatic heterocycles. The molecule has 0 bridgehead atoms. The third-order valence-electron chi connectivity index (χ3n) is 3.54. The van der Waals surface area contributed by atoms with Gasteiger partial charge in [0.1, 0.15) is 5.75 Å². The Hall–Kier alpha value is -1.32. The summed E-state index contributed by atoms with van der Waals surface area (Å²) in [7, 11) is 0. The number of rotatable bonds is 9. The van der Waals surface area contributed by atoms with E-state index in [1.54, 1.807) is 0 Å². The summed E-state index contributed by atoms with van der Waals surface area (Å²) in [6.07, 6.45) is 3.37. The van der Waals surface area contributed by atoms with E-state index in [-0.39, 0.29) is 0 Å². The van der Waals surface area contributed by atoms with E-state index in [1.165, 1.54) is 16.9 Å². The molecule has 1 aromatic heterocycles.